The molecule has 1 aromatic heterocycles. The highest BCUT2D eigenvalue weighted by Gasteiger charge is 2.31. The Labute approximate surface area is 197 Å². The van der Waals surface area contributed by atoms with Crippen LogP contribution in [0.4, 0.5) is 10.1 Å². The monoisotopic (exact) mass is 475 g/mol. The smallest absolute Gasteiger partial charge is 0.414 e. The molecule has 0 atom stereocenters. The van der Waals surface area contributed by atoms with Gasteiger partial charge in [0.25, 0.3) is 0 Å². The van der Waals surface area contributed by atoms with Crippen LogP contribution >= 0.6 is 0 Å². The van der Waals surface area contributed by atoms with Crippen molar-refractivity contribution in [2.45, 2.75) is 26.3 Å². The van der Waals surface area contributed by atoms with E-state index in [-0.39, 0.29) is 17.6 Å². The largest absolute Gasteiger partial charge is 0.473 e. The molecule has 0 bridgehead atoms. The normalized spacial score (nSPS) is 17.1. The Morgan fingerprint density at radius 3 is 2.09 bits per heavy atom. The summed E-state index contributed by atoms with van der Waals surface area (Å²) in [5.74, 6) is -1.54. The lowest BCUT2D eigenvalue weighted by Gasteiger charge is -2.39. The molecule has 0 spiro atoms. The Balaban J connectivity index is 0.000000481. The standard InChI is InChI=1S/C22H28FN3O2.C2H2O4/c1-17-6-7-19(28-17)16-24-10-8-18(9-11-24)22(27)26-14-12-25(13-15-26)21-5-3-2-4-20(21)23;3-1(4)2(5)6/h2-7,18H,8-16H2,1H3;(H,3,4)(H,5,6). The molecule has 3 heterocycles. The highest BCUT2D eigenvalue weighted by molar-refractivity contribution is 6.27. The highest BCUT2D eigenvalue weighted by Crippen LogP contribution is 2.24. The number of nitrogens with zero attached hydrogens (tertiary/aromatic N) is 3. The van der Waals surface area contributed by atoms with Gasteiger partial charge < -0.3 is 24.4 Å². The van der Waals surface area contributed by atoms with Gasteiger partial charge in [-0.3, -0.25) is 9.69 Å². The number of carbonyl (C=O) groups is 3. The second kappa shape index (κ2) is 11.6. The van der Waals surface area contributed by atoms with Gasteiger partial charge in [-0.15, -0.1) is 0 Å². The van der Waals surface area contributed by atoms with Crippen molar-refractivity contribution >= 4 is 23.5 Å². The first-order valence-corrected chi connectivity index (χ1v) is 11.3. The summed E-state index contributed by atoms with van der Waals surface area (Å²) in [5.41, 5.74) is 0.635. The summed E-state index contributed by atoms with van der Waals surface area (Å²) in [4.78, 5) is 37.5. The van der Waals surface area contributed by atoms with Crippen molar-refractivity contribution in [3.8, 4) is 0 Å². The number of furan rings is 1. The number of benzene rings is 1. The number of anilines is 1. The topological polar surface area (TPSA) is 115 Å². The molecule has 1 aromatic carbocycles. The third kappa shape index (κ3) is 6.80. The van der Waals surface area contributed by atoms with E-state index in [1.165, 1.54) is 6.07 Å². The van der Waals surface area contributed by atoms with E-state index in [4.69, 9.17) is 24.2 Å². The SMILES string of the molecule is Cc1ccc(CN2CCC(C(=O)N3CCN(c4ccccc4F)CC3)CC2)o1.O=C(O)C(=O)O. The number of piperazine rings is 1. The number of likely N-dealkylation sites (tertiary alicyclic amines) is 1. The van der Waals surface area contributed by atoms with Crippen molar-refractivity contribution in [1.29, 1.82) is 0 Å². The van der Waals surface area contributed by atoms with Crippen molar-refractivity contribution in [1.82, 2.24) is 9.80 Å². The van der Waals surface area contributed by atoms with Crippen LogP contribution in [0.15, 0.2) is 40.8 Å². The summed E-state index contributed by atoms with van der Waals surface area (Å²) >= 11 is 0. The summed E-state index contributed by atoms with van der Waals surface area (Å²) in [6.45, 7) is 7.32. The first-order chi connectivity index (χ1) is 16.2. The Morgan fingerprint density at radius 2 is 1.56 bits per heavy atom. The van der Waals surface area contributed by atoms with E-state index in [2.05, 4.69) is 4.90 Å². The number of hydrogen-bond acceptors (Lipinski definition) is 6. The van der Waals surface area contributed by atoms with Crippen LogP contribution in [0.5, 0.6) is 0 Å². The molecule has 2 aromatic rings. The Bertz CT molecular complexity index is 982. The predicted octanol–water partition coefficient (Wildman–Crippen LogP) is 2.44. The van der Waals surface area contributed by atoms with Gasteiger partial charge in [0.15, 0.2) is 0 Å². The predicted molar refractivity (Wildman–Crippen MR) is 122 cm³/mol. The van der Waals surface area contributed by atoms with Gasteiger partial charge >= 0.3 is 11.9 Å². The van der Waals surface area contributed by atoms with Gasteiger partial charge in [0, 0.05) is 32.1 Å². The van der Waals surface area contributed by atoms with Crippen LogP contribution in [0, 0.1) is 18.7 Å². The molecule has 9 nitrogen and oxygen atoms in total. The molecule has 184 valence electrons. The third-order valence-corrected chi connectivity index (χ3v) is 6.08. The molecule has 2 aliphatic rings. The van der Waals surface area contributed by atoms with Crippen LogP contribution in [0.3, 0.4) is 0 Å². The number of aliphatic carboxylic acids is 2. The van der Waals surface area contributed by atoms with E-state index in [9.17, 15) is 9.18 Å². The van der Waals surface area contributed by atoms with Gasteiger partial charge in [0.2, 0.25) is 5.91 Å². The summed E-state index contributed by atoms with van der Waals surface area (Å²) < 4.78 is 19.6. The van der Waals surface area contributed by atoms with Crippen molar-refractivity contribution in [2.75, 3.05) is 44.2 Å². The van der Waals surface area contributed by atoms with Crippen LogP contribution in [0.25, 0.3) is 0 Å². The summed E-state index contributed by atoms with van der Waals surface area (Å²) in [7, 11) is 0. The number of piperidine rings is 1. The lowest BCUT2D eigenvalue weighted by atomic mass is 9.95. The van der Waals surface area contributed by atoms with Crippen LogP contribution in [0.2, 0.25) is 0 Å². The van der Waals surface area contributed by atoms with Crippen molar-refractivity contribution in [3.05, 3.63) is 53.7 Å². The lowest BCUT2D eigenvalue weighted by Crippen LogP contribution is -2.51. The second-order valence-electron chi connectivity index (χ2n) is 8.44. The Kier molecular flexibility index (Phi) is 8.64. The average Bonchev–Trinajstić information content (AvgIpc) is 3.24. The van der Waals surface area contributed by atoms with E-state index in [0.717, 1.165) is 44.0 Å². The molecule has 0 radical (unpaired) electrons. The molecule has 2 saturated heterocycles. The summed E-state index contributed by atoms with van der Waals surface area (Å²) in [6.07, 6.45) is 1.79. The molecular formula is C24H30FN3O6. The van der Waals surface area contributed by atoms with Crippen LogP contribution in [-0.2, 0) is 20.9 Å². The molecule has 2 N–H and O–H groups in total. The fourth-order valence-electron chi connectivity index (χ4n) is 4.26. The minimum absolute atomic E-state index is 0.106. The minimum atomic E-state index is -1.82. The van der Waals surface area contributed by atoms with Crippen molar-refractivity contribution < 1.29 is 33.4 Å². The molecule has 10 heteroatoms. The molecule has 4 rings (SSSR count). The van der Waals surface area contributed by atoms with E-state index in [1.807, 2.05) is 41.0 Å². The van der Waals surface area contributed by atoms with Crippen molar-refractivity contribution in [3.63, 3.8) is 0 Å². The fourth-order valence-corrected chi connectivity index (χ4v) is 4.26. The van der Waals surface area contributed by atoms with E-state index < -0.39 is 11.9 Å². The molecule has 1 amide bonds. The van der Waals surface area contributed by atoms with E-state index in [1.54, 1.807) is 6.07 Å². The number of para-hydroxylation sites is 1. The number of hydrogen-bond donors (Lipinski definition) is 2. The van der Waals surface area contributed by atoms with Crippen molar-refractivity contribution in [2.24, 2.45) is 5.92 Å². The number of halogens is 1. The number of carbonyl (C=O) groups excluding carboxylic acids is 1. The molecule has 2 aliphatic heterocycles. The molecule has 0 saturated carbocycles. The molecule has 0 aliphatic carbocycles. The first-order valence-electron chi connectivity index (χ1n) is 11.3. The highest BCUT2D eigenvalue weighted by atomic mass is 19.1. The van der Waals surface area contributed by atoms with Gasteiger partial charge in [0.1, 0.15) is 17.3 Å². The molecule has 0 unspecified atom stereocenters. The zero-order chi connectivity index (χ0) is 24.7. The lowest BCUT2D eigenvalue weighted by molar-refractivity contribution is -0.159. The van der Waals surface area contributed by atoms with Crippen LogP contribution < -0.4 is 4.90 Å². The maximum atomic E-state index is 14.0. The number of aryl methyl sites for hydroxylation is 1. The van der Waals surface area contributed by atoms with Gasteiger partial charge in [0.05, 0.1) is 12.2 Å². The van der Waals surface area contributed by atoms with Gasteiger partial charge in [-0.1, -0.05) is 12.1 Å². The molecular weight excluding hydrogens is 445 g/mol. The number of carboxylic acid groups (broad SMARTS) is 2. The Hall–Kier alpha value is -3.40. The van der Waals surface area contributed by atoms with Crippen LogP contribution in [0.1, 0.15) is 24.4 Å². The zero-order valence-corrected chi connectivity index (χ0v) is 19.2. The number of amides is 1. The fraction of sp³-hybridized carbons (Fsp3) is 0.458. The zero-order valence-electron chi connectivity index (χ0n) is 19.2. The number of carboxylic acids is 2. The minimum Gasteiger partial charge on any atom is -0.473 e. The van der Waals surface area contributed by atoms with Gasteiger partial charge in [-0.25, -0.2) is 14.0 Å². The molecule has 34 heavy (non-hydrogen) atoms. The maximum absolute atomic E-state index is 14.0. The summed E-state index contributed by atoms with van der Waals surface area (Å²) in [5, 5.41) is 14.8. The first kappa shape index (κ1) is 25.2. The summed E-state index contributed by atoms with van der Waals surface area (Å²) in [6, 6.07) is 10.9. The van der Waals surface area contributed by atoms with Crippen LogP contribution in [-0.4, -0.2) is 77.1 Å². The second-order valence-corrected chi connectivity index (χ2v) is 8.44. The maximum Gasteiger partial charge on any atom is 0.414 e. The van der Waals surface area contributed by atoms with E-state index >= 15 is 0 Å². The average molecular weight is 476 g/mol. The quantitative estimate of drug-likeness (QED) is 0.648. The van der Waals surface area contributed by atoms with Gasteiger partial charge in [-0.2, -0.15) is 0 Å². The number of rotatable bonds is 4. The molecule has 2 fully saturated rings. The third-order valence-electron chi connectivity index (χ3n) is 6.08. The van der Waals surface area contributed by atoms with Gasteiger partial charge in [-0.05, 0) is 57.1 Å². The Morgan fingerprint density at radius 1 is 0.941 bits per heavy atom. The van der Waals surface area contributed by atoms with E-state index in [0.29, 0.717) is 31.9 Å².